The third-order valence-corrected chi connectivity index (χ3v) is 3.32. The Morgan fingerprint density at radius 2 is 2.38 bits per heavy atom. The number of rotatable bonds is 4. The van der Waals surface area contributed by atoms with Gasteiger partial charge in [0.15, 0.2) is 0 Å². The predicted molar refractivity (Wildman–Crippen MR) is 64.0 cm³/mol. The molecule has 1 aromatic rings. The standard InChI is InChI=1S/C13H20N2O/c16-9-6-13-5-1-2-8-15(13)11-12-4-3-7-14-10-12/h3-4,7,10,13,16H,1-2,5-6,8-9,11H2/t13-/m1/s1. The van der Waals surface area contributed by atoms with Crippen LogP contribution in [-0.2, 0) is 6.54 Å². The molecule has 1 fully saturated rings. The van der Waals surface area contributed by atoms with Gasteiger partial charge in [-0.15, -0.1) is 0 Å². The summed E-state index contributed by atoms with van der Waals surface area (Å²) in [6, 6.07) is 4.66. The zero-order valence-electron chi connectivity index (χ0n) is 9.68. The molecule has 0 aliphatic carbocycles. The van der Waals surface area contributed by atoms with E-state index in [-0.39, 0.29) is 0 Å². The van der Waals surface area contributed by atoms with E-state index in [0.717, 1.165) is 19.5 Å². The summed E-state index contributed by atoms with van der Waals surface area (Å²) in [5.74, 6) is 0. The second-order valence-electron chi connectivity index (χ2n) is 4.49. The van der Waals surface area contributed by atoms with Gasteiger partial charge in [0.1, 0.15) is 0 Å². The van der Waals surface area contributed by atoms with Crippen molar-refractivity contribution in [3.63, 3.8) is 0 Å². The van der Waals surface area contributed by atoms with Crippen LogP contribution in [-0.4, -0.2) is 34.2 Å². The van der Waals surface area contributed by atoms with E-state index in [2.05, 4.69) is 16.0 Å². The fourth-order valence-corrected chi connectivity index (χ4v) is 2.47. The van der Waals surface area contributed by atoms with Gasteiger partial charge in [0.25, 0.3) is 0 Å². The highest BCUT2D eigenvalue weighted by molar-refractivity contribution is 5.08. The molecule has 0 radical (unpaired) electrons. The molecule has 1 atom stereocenters. The minimum atomic E-state index is 0.300. The summed E-state index contributed by atoms with van der Waals surface area (Å²) < 4.78 is 0. The Morgan fingerprint density at radius 3 is 3.12 bits per heavy atom. The van der Waals surface area contributed by atoms with Crippen LogP contribution >= 0.6 is 0 Å². The molecule has 0 saturated carbocycles. The largest absolute Gasteiger partial charge is 0.396 e. The Balaban J connectivity index is 1.96. The average Bonchev–Trinajstić information content (AvgIpc) is 2.33. The second kappa shape index (κ2) is 5.97. The molecular weight excluding hydrogens is 200 g/mol. The Labute approximate surface area is 97.1 Å². The van der Waals surface area contributed by atoms with E-state index in [1.807, 2.05) is 18.5 Å². The van der Waals surface area contributed by atoms with Crippen molar-refractivity contribution < 1.29 is 5.11 Å². The molecule has 0 unspecified atom stereocenters. The van der Waals surface area contributed by atoms with Crippen molar-refractivity contribution in [1.29, 1.82) is 0 Å². The lowest BCUT2D eigenvalue weighted by Gasteiger charge is -2.35. The van der Waals surface area contributed by atoms with Gasteiger partial charge in [0.2, 0.25) is 0 Å². The first-order chi connectivity index (χ1) is 7.90. The van der Waals surface area contributed by atoms with Gasteiger partial charge in [-0.3, -0.25) is 9.88 Å². The molecule has 0 amide bonds. The van der Waals surface area contributed by atoms with E-state index in [0.29, 0.717) is 12.6 Å². The van der Waals surface area contributed by atoms with Crippen LogP contribution in [0, 0.1) is 0 Å². The van der Waals surface area contributed by atoms with Crippen molar-refractivity contribution in [2.75, 3.05) is 13.2 Å². The Bertz CT molecular complexity index is 300. The highest BCUT2D eigenvalue weighted by atomic mass is 16.3. The van der Waals surface area contributed by atoms with Crippen molar-refractivity contribution in [2.24, 2.45) is 0 Å². The van der Waals surface area contributed by atoms with Gasteiger partial charge in [0.05, 0.1) is 0 Å². The van der Waals surface area contributed by atoms with E-state index in [1.165, 1.54) is 24.8 Å². The number of likely N-dealkylation sites (tertiary alicyclic amines) is 1. The number of pyridine rings is 1. The van der Waals surface area contributed by atoms with Crippen LogP contribution in [0.4, 0.5) is 0 Å². The van der Waals surface area contributed by atoms with Gasteiger partial charge in [-0.2, -0.15) is 0 Å². The molecule has 0 spiro atoms. The summed E-state index contributed by atoms with van der Waals surface area (Å²) in [5.41, 5.74) is 1.27. The first kappa shape index (κ1) is 11.6. The van der Waals surface area contributed by atoms with Crippen molar-refractivity contribution in [2.45, 2.75) is 38.3 Å². The van der Waals surface area contributed by atoms with Crippen molar-refractivity contribution in [1.82, 2.24) is 9.88 Å². The van der Waals surface area contributed by atoms with Crippen LogP contribution in [0.1, 0.15) is 31.2 Å². The topological polar surface area (TPSA) is 36.4 Å². The van der Waals surface area contributed by atoms with Crippen LogP contribution in [0.3, 0.4) is 0 Å². The minimum Gasteiger partial charge on any atom is -0.396 e. The normalized spacial score (nSPS) is 22.2. The van der Waals surface area contributed by atoms with Gasteiger partial charge in [-0.25, -0.2) is 0 Å². The molecule has 1 saturated heterocycles. The summed E-state index contributed by atoms with van der Waals surface area (Å²) in [7, 11) is 0. The van der Waals surface area contributed by atoms with Crippen LogP contribution in [0.15, 0.2) is 24.5 Å². The second-order valence-corrected chi connectivity index (χ2v) is 4.49. The Kier molecular flexibility index (Phi) is 4.31. The maximum atomic E-state index is 9.06. The van der Waals surface area contributed by atoms with Crippen LogP contribution in [0.2, 0.25) is 0 Å². The van der Waals surface area contributed by atoms with Gasteiger partial charge in [0, 0.05) is 31.6 Å². The summed E-state index contributed by atoms with van der Waals surface area (Å²) in [4.78, 5) is 6.63. The molecular formula is C13H20N2O. The van der Waals surface area contributed by atoms with Crippen molar-refractivity contribution >= 4 is 0 Å². The van der Waals surface area contributed by atoms with Gasteiger partial charge < -0.3 is 5.11 Å². The number of piperidine rings is 1. The highest BCUT2D eigenvalue weighted by Crippen LogP contribution is 2.21. The quantitative estimate of drug-likeness (QED) is 0.841. The number of aromatic nitrogens is 1. The van der Waals surface area contributed by atoms with E-state index in [4.69, 9.17) is 5.11 Å². The number of hydrogen-bond acceptors (Lipinski definition) is 3. The Hall–Kier alpha value is -0.930. The van der Waals surface area contributed by atoms with Crippen molar-refractivity contribution in [3.8, 4) is 0 Å². The molecule has 3 nitrogen and oxygen atoms in total. The number of aliphatic hydroxyl groups is 1. The molecule has 1 N–H and O–H groups in total. The van der Waals surface area contributed by atoms with E-state index in [9.17, 15) is 0 Å². The first-order valence-corrected chi connectivity index (χ1v) is 6.14. The third-order valence-electron chi connectivity index (χ3n) is 3.32. The predicted octanol–water partition coefficient (Wildman–Crippen LogP) is 1.82. The third kappa shape index (κ3) is 3.03. The summed E-state index contributed by atoms with van der Waals surface area (Å²) in [5, 5.41) is 9.06. The van der Waals surface area contributed by atoms with Crippen LogP contribution in [0.5, 0.6) is 0 Å². The molecule has 1 aromatic heterocycles. The van der Waals surface area contributed by atoms with Gasteiger partial charge in [-0.1, -0.05) is 12.5 Å². The minimum absolute atomic E-state index is 0.300. The first-order valence-electron chi connectivity index (χ1n) is 6.14. The number of aliphatic hydroxyl groups excluding tert-OH is 1. The molecule has 16 heavy (non-hydrogen) atoms. The van der Waals surface area contributed by atoms with E-state index in [1.54, 1.807) is 0 Å². The zero-order valence-corrected chi connectivity index (χ0v) is 9.68. The molecule has 1 aliphatic rings. The van der Waals surface area contributed by atoms with Crippen molar-refractivity contribution in [3.05, 3.63) is 30.1 Å². The summed E-state index contributed by atoms with van der Waals surface area (Å²) >= 11 is 0. The van der Waals surface area contributed by atoms with E-state index >= 15 is 0 Å². The summed E-state index contributed by atoms with van der Waals surface area (Å²) in [6.07, 6.45) is 8.45. The van der Waals surface area contributed by atoms with Gasteiger partial charge >= 0.3 is 0 Å². The smallest absolute Gasteiger partial charge is 0.0445 e. The maximum absolute atomic E-state index is 9.06. The molecule has 88 valence electrons. The molecule has 0 bridgehead atoms. The molecule has 2 heterocycles. The molecule has 1 aliphatic heterocycles. The molecule has 0 aromatic carbocycles. The Morgan fingerprint density at radius 1 is 1.44 bits per heavy atom. The SMILES string of the molecule is OCC[C@H]1CCCCN1Cc1cccnc1. The van der Waals surface area contributed by atoms with Gasteiger partial charge in [-0.05, 0) is 37.4 Å². The van der Waals surface area contributed by atoms with E-state index < -0.39 is 0 Å². The molecule has 3 heteroatoms. The average molecular weight is 220 g/mol. The number of hydrogen-bond donors (Lipinski definition) is 1. The lowest BCUT2D eigenvalue weighted by atomic mass is 9.99. The monoisotopic (exact) mass is 220 g/mol. The lowest BCUT2D eigenvalue weighted by molar-refractivity contribution is 0.112. The maximum Gasteiger partial charge on any atom is 0.0445 e. The molecule has 2 rings (SSSR count). The fourth-order valence-electron chi connectivity index (χ4n) is 2.47. The fraction of sp³-hybridized carbons (Fsp3) is 0.615. The highest BCUT2D eigenvalue weighted by Gasteiger charge is 2.21. The van der Waals surface area contributed by atoms with Crippen LogP contribution in [0.25, 0.3) is 0 Å². The number of nitrogens with zero attached hydrogens (tertiary/aromatic N) is 2. The van der Waals surface area contributed by atoms with Crippen LogP contribution < -0.4 is 0 Å². The lowest BCUT2D eigenvalue weighted by Crippen LogP contribution is -2.39. The summed E-state index contributed by atoms with van der Waals surface area (Å²) in [6.45, 7) is 2.42. The zero-order chi connectivity index (χ0) is 11.2.